The highest BCUT2D eigenvalue weighted by atomic mass is 35.5. The fourth-order valence-electron chi connectivity index (χ4n) is 7.79. The summed E-state index contributed by atoms with van der Waals surface area (Å²) in [6.45, 7) is 3.79. The van der Waals surface area contributed by atoms with Crippen LogP contribution in [-0.4, -0.2) is 57.9 Å². The van der Waals surface area contributed by atoms with Gasteiger partial charge in [0.15, 0.2) is 0 Å². The lowest BCUT2D eigenvalue weighted by molar-refractivity contribution is -0.137. The van der Waals surface area contributed by atoms with Gasteiger partial charge in [-0.15, -0.1) is 0 Å². The Kier molecular flexibility index (Phi) is 14.1. The largest absolute Gasteiger partial charge is 0.457 e. The average Bonchev–Trinajstić information content (AvgIpc) is 4.11. The number of amides is 2. The summed E-state index contributed by atoms with van der Waals surface area (Å²) < 4.78 is 93.8. The lowest BCUT2D eigenvalue weighted by Crippen LogP contribution is -2.19. The molecule has 10 rings (SSSR count). The molecule has 0 bridgehead atoms. The fraction of sp³-hybridized carbons (Fsp3) is 0.176. The van der Waals surface area contributed by atoms with E-state index in [0.29, 0.717) is 34.1 Å². The molecule has 2 N–H and O–H groups in total. The third-order valence-electron chi connectivity index (χ3n) is 11.4. The number of nitrogens with one attached hydrogen (secondary N) is 2. The third kappa shape index (κ3) is 11.5. The lowest BCUT2D eigenvalue weighted by atomic mass is 10.1. The van der Waals surface area contributed by atoms with E-state index in [-0.39, 0.29) is 39.0 Å². The fourth-order valence-corrected chi connectivity index (χ4v) is 8.13. The molecule has 2 fully saturated rings. The highest BCUT2D eigenvalue weighted by Gasteiger charge is 2.34. The summed E-state index contributed by atoms with van der Waals surface area (Å²) in [7, 11) is 0. The number of hydrogen-bond donors (Lipinski definition) is 2. The maximum atomic E-state index is 14.7. The van der Waals surface area contributed by atoms with Crippen molar-refractivity contribution in [3.8, 4) is 23.0 Å². The van der Waals surface area contributed by atoms with Gasteiger partial charge in [-0.25, -0.2) is 23.1 Å². The van der Waals surface area contributed by atoms with E-state index >= 15 is 0 Å². The molecule has 20 heteroatoms. The van der Waals surface area contributed by atoms with Crippen LogP contribution in [0, 0.1) is 17.5 Å². The SMILES string of the molecule is O=C(Nc1ccc(Oc2ccc3ncc(N4CCCC4)nc3c2)cc1F)c1ccc(Cl)c(C(F)(F)F)c1.O=C(Nc1ccc(Oc2ccc3ncc(N4CCCC4)nc3c2)cc1F)c1ccc(Cl)c(F)c1. The van der Waals surface area contributed by atoms with E-state index < -0.39 is 46.0 Å². The minimum Gasteiger partial charge on any atom is -0.457 e. The molecule has 0 aliphatic carbocycles. The van der Waals surface area contributed by atoms with Crippen molar-refractivity contribution >= 4 is 80.1 Å². The molecule has 0 radical (unpaired) electrons. The zero-order chi connectivity index (χ0) is 49.8. The Morgan fingerprint density at radius 3 is 1.37 bits per heavy atom. The number of nitrogens with zero attached hydrogens (tertiary/aromatic N) is 6. The van der Waals surface area contributed by atoms with Crippen LogP contribution in [-0.2, 0) is 6.18 Å². The minimum atomic E-state index is -4.73. The number of hydrogen-bond acceptors (Lipinski definition) is 10. The topological polar surface area (TPSA) is 135 Å². The molecule has 2 saturated heterocycles. The summed E-state index contributed by atoms with van der Waals surface area (Å²) >= 11 is 11.2. The molecule has 0 saturated carbocycles. The van der Waals surface area contributed by atoms with Gasteiger partial charge in [0.1, 0.15) is 52.1 Å². The average molecular weight is 1010 g/mol. The number of fused-ring (bicyclic) bond motifs is 2. The predicted octanol–water partition coefficient (Wildman–Crippen LogP) is 13.3. The first-order valence-corrected chi connectivity index (χ1v) is 22.8. The Bertz CT molecular complexity index is 3320. The summed E-state index contributed by atoms with van der Waals surface area (Å²) in [5.41, 5.74) is 1.00. The number of alkyl halides is 3. The van der Waals surface area contributed by atoms with E-state index in [1.165, 1.54) is 36.4 Å². The molecule has 8 aromatic rings. The molecule has 0 unspecified atom stereocenters. The monoisotopic (exact) mass is 1010 g/mol. The molecule has 4 heterocycles. The van der Waals surface area contributed by atoms with Crippen molar-refractivity contribution in [1.82, 2.24) is 19.9 Å². The van der Waals surface area contributed by atoms with E-state index in [0.717, 1.165) is 99.3 Å². The number of rotatable bonds is 10. The second-order valence-electron chi connectivity index (χ2n) is 16.4. The maximum Gasteiger partial charge on any atom is 0.417 e. The van der Waals surface area contributed by atoms with Crippen molar-refractivity contribution in [2.24, 2.45) is 0 Å². The van der Waals surface area contributed by atoms with Gasteiger partial charge in [-0.1, -0.05) is 23.2 Å². The second-order valence-corrected chi connectivity index (χ2v) is 17.2. The van der Waals surface area contributed by atoms with Crippen LogP contribution in [0.15, 0.2) is 122 Å². The van der Waals surface area contributed by atoms with Gasteiger partial charge in [-0.05, 0) is 111 Å². The molecular weight excluding hydrogens is 974 g/mol. The lowest BCUT2D eigenvalue weighted by Gasteiger charge is -2.16. The number of anilines is 4. The van der Waals surface area contributed by atoms with Gasteiger partial charge in [0.05, 0.1) is 61.4 Å². The number of halogens is 8. The van der Waals surface area contributed by atoms with Gasteiger partial charge in [0, 0.05) is 61.6 Å². The van der Waals surface area contributed by atoms with Gasteiger partial charge in [-0.2, -0.15) is 13.2 Å². The molecule has 6 aromatic carbocycles. The van der Waals surface area contributed by atoms with Gasteiger partial charge in [0.2, 0.25) is 0 Å². The van der Waals surface area contributed by atoms with Crippen molar-refractivity contribution < 1.29 is 45.4 Å². The normalized spacial score (nSPS) is 13.5. The van der Waals surface area contributed by atoms with Crippen molar-refractivity contribution in [2.45, 2.75) is 31.9 Å². The van der Waals surface area contributed by atoms with Crippen molar-refractivity contribution in [3.05, 3.63) is 166 Å². The Morgan fingerprint density at radius 2 is 0.930 bits per heavy atom. The molecule has 12 nitrogen and oxygen atoms in total. The van der Waals surface area contributed by atoms with Crippen LogP contribution >= 0.6 is 23.2 Å². The highest BCUT2D eigenvalue weighted by molar-refractivity contribution is 6.31. The summed E-state index contributed by atoms with van der Waals surface area (Å²) in [6, 6.07) is 24.5. The van der Waals surface area contributed by atoms with Crippen LogP contribution < -0.4 is 29.9 Å². The highest BCUT2D eigenvalue weighted by Crippen LogP contribution is 2.36. The minimum absolute atomic E-state index is 0.0206. The van der Waals surface area contributed by atoms with Crippen LogP contribution in [0.5, 0.6) is 23.0 Å². The molecule has 0 atom stereocenters. The molecule has 71 heavy (non-hydrogen) atoms. The zero-order valence-electron chi connectivity index (χ0n) is 37.0. The maximum absolute atomic E-state index is 14.7. The number of carbonyl (C=O) groups excluding carboxylic acids is 2. The van der Waals surface area contributed by atoms with Gasteiger partial charge >= 0.3 is 6.18 Å². The summed E-state index contributed by atoms with van der Waals surface area (Å²) in [5, 5.41) is 4.05. The van der Waals surface area contributed by atoms with Crippen molar-refractivity contribution in [3.63, 3.8) is 0 Å². The van der Waals surface area contributed by atoms with Crippen molar-refractivity contribution in [1.29, 1.82) is 0 Å². The standard InChI is InChI=1S/C26H19ClF4N4O2.C25H19ClF2N4O2/c27-19-6-3-15(11-18(19)26(29,30)31)25(36)34-21-7-4-16(12-20(21)28)37-17-5-8-22-23(13-17)33-24(14-32-22)35-9-1-2-10-35;26-18-6-3-15(11-19(18)27)25(33)31-21-7-4-16(12-20(21)28)34-17-5-8-22-23(13-17)30-24(14-29-22)32-9-1-2-10-32/h3-8,11-14H,1-2,9-10H2,(H,34,36);3-8,11-14H,1-2,9-10H2,(H,31,33). The Morgan fingerprint density at radius 1 is 0.507 bits per heavy atom. The van der Waals surface area contributed by atoms with Crippen LogP contribution in [0.25, 0.3) is 22.1 Å². The van der Waals surface area contributed by atoms with Gasteiger partial charge in [-0.3, -0.25) is 19.6 Å². The first-order valence-electron chi connectivity index (χ1n) is 22.1. The van der Waals surface area contributed by atoms with Crippen LogP contribution in [0.3, 0.4) is 0 Å². The Labute approximate surface area is 411 Å². The molecule has 2 aliphatic rings. The van der Waals surface area contributed by atoms with E-state index in [1.54, 1.807) is 48.8 Å². The molecule has 2 aromatic heterocycles. The first kappa shape index (κ1) is 48.3. The number of ether oxygens (including phenoxy) is 2. The van der Waals surface area contributed by atoms with E-state index in [9.17, 15) is 35.9 Å². The third-order valence-corrected chi connectivity index (χ3v) is 12.1. The zero-order valence-corrected chi connectivity index (χ0v) is 38.6. The van der Waals surface area contributed by atoms with Crippen molar-refractivity contribution in [2.75, 3.05) is 46.6 Å². The summed E-state index contributed by atoms with van der Waals surface area (Å²) in [6.07, 6.45) is 3.28. The van der Waals surface area contributed by atoms with Crippen LogP contribution in [0.2, 0.25) is 10.0 Å². The van der Waals surface area contributed by atoms with E-state index in [1.807, 2.05) is 0 Å². The van der Waals surface area contributed by atoms with Crippen LogP contribution in [0.4, 0.5) is 49.4 Å². The van der Waals surface area contributed by atoms with E-state index in [2.05, 4.69) is 35.4 Å². The number of benzene rings is 6. The number of carbonyl (C=O) groups is 2. The Balaban J connectivity index is 0.000000176. The summed E-state index contributed by atoms with van der Waals surface area (Å²) in [4.78, 5) is 47.4. The Hall–Kier alpha value is -7.70. The first-order chi connectivity index (χ1) is 34.1. The smallest absolute Gasteiger partial charge is 0.417 e. The van der Waals surface area contributed by atoms with Gasteiger partial charge in [0.25, 0.3) is 11.8 Å². The quantitative estimate of drug-likeness (QED) is 0.128. The predicted molar refractivity (Wildman–Crippen MR) is 259 cm³/mol. The molecule has 2 aliphatic heterocycles. The molecular formula is C51H38Cl2F6N8O4. The molecule has 2 amide bonds. The number of aromatic nitrogens is 4. The molecule has 0 spiro atoms. The molecule has 362 valence electrons. The van der Waals surface area contributed by atoms with Gasteiger partial charge < -0.3 is 29.9 Å². The van der Waals surface area contributed by atoms with Crippen LogP contribution in [0.1, 0.15) is 52.0 Å². The van der Waals surface area contributed by atoms with E-state index in [4.69, 9.17) is 37.7 Å². The second kappa shape index (κ2) is 20.7. The summed E-state index contributed by atoms with van der Waals surface area (Å²) in [5.74, 6) is -0.922.